The molecule has 0 aromatic carbocycles. The van der Waals surface area contributed by atoms with Gasteiger partial charge in [0.1, 0.15) is 11.8 Å². The summed E-state index contributed by atoms with van der Waals surface area (Å²) in [7, 11) is 0. The first kappa shape index (κ1) is 7.50. The molecule has 0 saturated carbocycles. The molecule has 4 heteroatoms. The standard InChI is InChI=1S/C9H6N4/c10-5-8-1-2-9(6-12-8)13-4-3-11-7-13/h1-4,6-7H. The van der Waals surface area contributed by atoms with E-state index in [1.165, 1.54) is 0 Å². The second kappa shape index (κ2) is 3.07. The molecule has 2 aromatic rings. The SMILES string of the molecule is N#Cc1ccc(-n2ccnc2)cn1. The molecule has 2 rings (SSSR count). The highest BCUT2D eigenvalue weighted by Gasteiger charge is 1.95. The molecule has 4 nitrogen and oxygen atoms in total. The molecule has 0 unspecified atom stereocenters. The Morgan fingerprint density at radius 3 is 2.85 bits per heavy atom. The quantitative estimate of drug-likeness (QED) is 0.644. The molecule has 13 heavy (non-hydrogen) atoms. The number of aromatic nitrogens is 3. The summed E-state index contributed by atoms with van der Waals surface area (Å²) in [4.78, 5) is 7.85. The number of rotatable bonds is 1. The van der Waals surface area contributed by atoms with Crippen molar-refractivity contribution >= 4 is 0 Å². The van der Waals surface area contributed by atoms with Gasteiger partial charge in [-0.1, -0.05) is 0 Å². The highest BCUT2D eigenvalue weighted by molar-refractivity contribution is 5.32. The lowest BCUT2D eigenvalue weighted by Crippen LogP contribution is -1.91. The molecule has 0 aliphatic heterocycles. The van der Waals surface area contributed by atoms with Gasteiger partial charge in [-0.05, 0) is 12.1 Å². The van der Waals surface area contributed by atoms with E-state index in [2.05, 4.69) is 9.97 Å². The summed E-state index contributed by atoms with van der Waals surface area (Å²) >= 11 is 0. The summed E-state index contributed by atoms with van der Waals surface area (Å²) in [5.41, 5.74) is 1.32. The van der Waals surface area contributed by atoms with Crippen LogP contribution in [-0.4, -0.2) is 14.5 Å². The van der Waals surface area contributed by atoms with E-state index in [0.717, 1.165) is 5.69 Å². The van der Waals surface area contributed by atoms with Crippen molar-refractivity contribution in [1.29, 1.82) is 5.26 Å². The van der Waals surface area contributed by atoms with E-state index in [9.17, 15) is 0 Å². The van der Waals surface area contributed by atoms with Gasteiger partial charge in [-0.2, -0.15) is 5.26 Å². The van der Waals surface area contributed by atoms with Gasteiger partial charge in [0.2, 0.25) is 0 Å². The second-order valence-corrected chi connectivity index (χ2v) is 2.48. The number of pyridine rings is 1. The first-order valence-electron chi connectivity index (χ1n) is 3.74. The molecule has 2 heterocycles. The summed E-state index contributed by atoms with van der Waals surface area (Å²) < 4.78 is 1.83. The van der Waals surface area contributed by atoms with Crippen LogP contribution in [0.5, 0.6) is 0 Å². The lowest BCUT2D eigenvalue weighted by Gasteiger charge is -1.99. The number of hydrogen-bond acceptors (Lipinski definition) is 3. The highest BCUT2D eigenvalue weighted by atomic mass is 15.0. The average molecular weight is 170 g/mol. The van der Waals surface area contributed by atoms with Crippen molar-refractivity contribution in [2.75, 3.05) is 0 Å². The van der Waals surface area contributed by atoms with Crippen molar-refractivity contribution in [2.45, 2.75) is 0 Å². The van der Waals surface area contributed by atoms with E-state index in [1.807, 2.05) is 22.9 Å². The van der Waals surface area contributed by atoms with Crippen LogP contribution in [0.3, 0.4) is 0 Å². The van der Waals surface area contributed by atoms with Gasteiger partial charge < -0.3 is 4.57 Å². The van der Waals surface area contributed by atoms with Gasteiger partial charge in [-0.25, -0.2) is 9.97 Å². The summed E-state index contributed by atoms with van der Waals surface area (Å²) in [5.74, 6) is 0. The molecule has 62 valence electrons. The zero-order chi connectivity index (χ0) is 9.10. The Kier molecular flexibility index (Phi) is 1.77. The smallest absolute Gasteiger partial charge is 0.140 e. The number of imidazole rings is 1. The van der Waals surface area contributed by atoms with Crippen LogP contribution in [0.25, 0.3) is 5.69 Å². The molecule has 0 bridgehead atoms. The maximum atomic E-state index is 8.53. The van der Waals surface area contributed by atoms with E-state index in [4.69, 9.17) is 5.26 Å². The van der Waals surface area contributed by atoms with Crippen LogP contribution < -0.4 is 0 Å². The number of hydrogen-bond donors (Lipinski definition) is 0. The van der Waals surface area contributed by atoms with Crippen LogP contribution in [0.4, 0.5) is 0 Å². The average Bonchev–Trinajstić information content (AvgIpc) is 2.71. The normalized spacial score (nSPS) is 9.46. The van der Waals surface area contributed by atoms with Gasteiger partial charge >= 0.3 is 0 Å². The maximum Gasteiger partial charge on any atom is 0.140 e. The van der Waals surface area contributed by atoms with Gasteiger partial charge in [0, 0.05) is 12.4 Å². The minimum Gasteiger partial charge on any atom is -0.305 e. The van der Waals surface area contributed by atoms with Gasteiger partial charge in [0.05, 0.1) is 18.2 Å². The van der Waals surface area contributed by atoms with Gasteiger partial charge in [0.15, 0.2) is 0 Å². The zero-order valence-electron chi connectivity index (χ0n) is 6.75. The largest absolute Gasteiger partial charge is 0.305 e. The summed E-state index contributed by atoms with van der Waals surface area (Å²) in [6.45, 7) is 0. The molecule has 0 N–H and O–H groups in total. The minimum absolute atomic E-state index is 0.420. The van der Waals surface area contributed by atoms with Crippen molar-refractivity contribution in [3.05, 3.63) is 42.7 Å². The van der Waals surface area contributed by atoms with Crippen LogP contribution in [-0.2, 0) is 0 Å². The van der Waals surface area contributed by atoms with Crippen molar-refractivity contribution in [2.24, 2.45) is 0 Å². The Morgan fingerprint density at radius 1 is 1.38 bits per heavy atom. The molecule has 0 fully saturated rings. The predicted molar refractivity (Wildman–Crippen MR) is 46.1 cm³/mol. The van der Waals surface area contributed by atoms with Crippen molar-refractivity contribution in [3.63, 3.8) is 0 Å². The topological polar surface area (TPSA) is 54.5 Å². The maximum absolute atomic E-state index is 8.53. The monoisotopic (exact) mass is 170 g/mol. The molecule has 0 atom stereocenters. The van der Waals surface area contributed by atoms with E-state index < -0.39 is 0 Å². The summed E-state index contributed by atoms with van der Waals surface area (Å²) in [5, 5.41) is 8.53. The van der Waals surface area contributed by atoms with Crippen LogP contribution in [0.2, 0.25) is 0 Å². The molecule has 0 amide bonds. The fraction of sp³-hybridized carbons (Fsp3) is 0. The third kappa shape index (κ3) is 1.40. The Balaban J connectivity index is 2.40. The van der Waals surface area contributed by atoms with Crippen LogP contribution >= 0.6 is 0 Å². The highest BCUT2D eigenvalue weighted by Crippen LogP contribution is 2.04. The first-order valence-corrected chi connectivity index (χ1v) is 3.74. The molecule has 0 aliphatic rings. The van der Waals surface area contributed by atoms with Gasteiger partial charge in [-0.3, -0.25) is 0 Å². The molecular formula is C9H6N4. The van der Waals surface area contributed by atoms with E-state index in [1.54, 1.807) is 24.8 Å². The fourth-order valence-corrected chi connectivity index (χ4v) is 1.02. The third-order valence-corrected chi connectivity index (χ3v) is 1.66. The fourth-order valence-electron chi connectivity index (χ4n) is 1.02. The van der Waals surface area contributed by atoms with Crippen molar-refractivity contribution in [3.8, 4) is 11.8 Å². The van der Waals surface area contributed by atoms with E-state index in [-0.39, 0.29) is 0 Å². The second-order valence-electron chi connectivity index (χ2n) is 2.48. The van der Waals surface area contributed by atoms with Crippen LogP contribution in [0.1, 0.15) is 5.69 Å². The Labute approximate surface area is 75.1 Å². The third-order valence-electron chi connectivity index (χ3n) is 1.66. The first-order chi connectivity index (χ1) is 6.40. The molecule has 2 aromatic heterocycles. The Morgan fingerprint density at radius 2 is 2.31 bits per heavy atom. The Hall–Kier alpha value is -2.15. The Bertz CT molecular complexity index is 422. The minimum atomic E-state index is 0.420. The number of nitrogens with zero attached hydrogens (tertiary/aromatic N) is 4. The number of nitriles is 1. The van der Waals surface area contributed by atoms with Crippen molar-refractivity contribution < 1.29 is 0 Å². The lowest BCUT2D eigenvalue weighted by molar-refractivity contribution is 1.03. The summed E-state index contributed by atoms with van der Waals surface area (Å²) in [6.07, 6.45) is 6.84. The summed E-state index contributed by atoms with van der Waals surface area (Å²) in [6, 6.07) is 5.47. The van der Waals surface area contributed by atoms with Gasteiger partial charge in [-0.15, -0.1) is 0 Å². The molecular weight excluding hydrogens is 164 g/mol. The van der Waals surface area contributed by atoms with E-state index in [0.29, 0.717) is 5.69 Å². The molecule has 0 spiro atoms. The van der Waals surface area contributed by atoms with Crippen LogP contribution in [0, 0.1) is 11.3 Å². The van der Waals surface area contributed by atoms with Crippen LogP contribution in [0.15, 0.2) is 37.1 Å². The molecule has 0 radical (unpaired) electrons. The molecule has 0 aliphatic carbocycles. The van der Waals surface area contributed by atoms with Gasteiger partial charge in [0.25, 0.3) is 0 Å². The van der Waals surface area contributed by atoms with Crippen molar-refractivity contribution in [1.82, 2.24) is 14.5 Å². The zero-order valence-corrected chi connectivity index (χ0v) is 6.75. The molecule has 0 saturated heterocycles. The van der Waals surface area contributed by atoms with E-state index >= 15 is 0 Å². The predicted octanol–water partition coefficient (Wildman–Crippen LogP) is 1.14. The lowest BCUT2D eigenvalue weighted by atomic mass is 10.3.